The zero-order valence-corrected chi connectivity index (χ0v) is 16.7. The molecule has 1 atom stereocenters. The van der Waals surface area contributed by atoms with Gasteiger partial charge in [0.1, 0.15) is 6.10 Å². The van der Waals surface area contributed by atoms with Crippen molar-refractivity contribution in [3.63, 3.8) is 0 Å². The van der Waals surface area contributed by atoms with Crippen LogP contribution in [0.1, 0.15) is 44.2 Å². The Labute approximate surface area is 160 Å². The van der Waals surface area contributed by atoms with E-state index in [2.05, 4.69) is 25.7 Å². The van der Waals surface area contributed by atoms with Crippen molar-refractivity contribution in [3.8, 4) is 11.8 Å². The molecule has 0 amide bonds. The first-order chi connectivity index (χ1) is 12.7. The summed E-state index contributed by atoms with van der Waals surface area (Å²) in [6, 6.07) is 7.85. The minimum absolute atomic E-state index is 0.00817. The number of hydrogen-bond acceptors (Lipinski definition) is 5. The summed E-state index contributed by atoms with van der Waals surface area (Å²) in [6.45, 7) is 5.52. The summed E-state index contributed by atoms with van der Waals surface area (Å²) in [6.07, 6.45) is 2.49. The van der Waals surface area contributed by atoms with E-state index in [-0.39, 0.29) is 5.41 Å². The van der Waals surface area contributed by atoms with Crippen LogP contribution in [0.2, 0.25) is 0 Å². The third kappa shape index (κ3) is 3.70. The number of rotatable bonds is 2. The van der Waals surface area contributed by atoms with Crippen molar-refractivity contribution in [2.45, 2.75) is 45.0 Å². The normalized spacial score (nSPS) is 25.8. The first-order valence-corrected chi connectivity index (χ1v) is 11.0. The third-order valence-corrected chi connectivity index (χ3v) is 5.63. The van der Waals surface area contributed by atoms with Crippen molar-refractivity contribution in [3.05, 3.63) is 41.0 Å². The second kappa shape index (κ2) is 6.46. The molecule has 27 heavy (non-hydrogen) atoms. The first-order valence-electron chi connectivity index (χ1n) is 9.21. The Bertz CT molecular complexity index is 952. The molecule has 1 aromatic carbocycles. The maximum atomic E-state index is 11.5. The first kappa shape index (κ1) is 18.7. The van der Waals surface area contributed by atoms with Crippen LogP contribution >= 0.6 is 0 Å². The van der Waals surface area contributed by atoms with Gasteiger partial charge in [-0.05, 0) is 30.9 Å². The second-order valence-electron chi connectivity index (χ2n) is 8.21. The fraction of sp³-hybridized carbons (Fsp3) is 0.524. The van der Waals surface area contributed by atoms with Gasteiger partial charge in [0.15, 0.2) is 0 Å². The summed E-state index contributed by atoms with van der Waals surface area (Å²) in [5, 5.41) is 0. The molecule has 1 saturated heterocycles. The molecule has 4 rings (SSSR count). The average molecular weight is 388 g/mol. The Morgan fingerprint density at radius 1 is 1.19 bits per heavy atom. The third-order valence-electron chi connectivity index (χ3n) is 5.05. The van der Waals surface area contributed by atoms with Gasteiger partial charge in [-0.1, -0.05) is 43.9 Å². The molecule has 0 radical (unpaired) electrons. The smallest absolute Gasteiger partial charge is 0.265 e. The van der Waals surface area contributed by atoms with Crippen LogP contribution in [0.15, 0.2) is 29.8 Å². The number of hydrogen-bond donors (Lipinski definition) is 0. The van der Waals surface area contributed by atoms with Gasteiger partial charge in [-0.2, -0.15) is 8.42 Å². The molecule has 2 aliphatic carbocycles. The van der Waals surface area contributed by atoms with Crippen LogP contribution in [0.5, 0.6) is 0 Å². The summed E-state index contributed by atoms with van der Waals surface area (Å²) in [4.78, 5) is 0. The standard InChI is InChI=1S/C21H24O5S/c1-20(2)13-24-21(25-14-20)18-10-6-8-16(26-27(3,22)23)12-11-15-7-4-5-9-17(15)19(18)21/h4-5,7,9,16H,6,8,10,13-14H2,1-3H3. The van der Waals surface area contributed by atoms with Gasteiger partial charge in [-0.25, -0.2) is 0 Å². The zero-order chi connectivity index (χ0) is 19.3. The van der Waals surface area contributed by atoms with E-state index in [0.717, 1.165) is 41.4 Å². The maximum Gasteiger partial charge on any atom is 0.265 e. The van der Waals surface area contributed by atoms with Crippen molar-refractivity contribution >= 4 is 15.7 Å². The van der Waals surface area contributed by atoms with E-state index in [9.17, 15) is 8.42 Å². The fourth-order valence-corrected chi connectivity index (χ4v) is 4.27. The van der Waals surface area contributed by atoms with Gasteiger partial charge in [-0.3, -0.25) is 4.18 Å². The monoisotopic (exact) mass is 388 g/mol. The summed E-state index contributed by atoms with van der Waals surface area (Å²) in [5.74, 6) is 5.37. The molecule has 0 aromatic heterocycles. The van der Waals surface area contributed by atoms with Crippen LogP contribution in [-0.2, 0) is 23.8 Å². The molecule has 6 heteroatoms. The van der Waals surface area contributed by atoms with Crippen molar-refractivity contribution in [1.29, 1.82) is 0 Å². The lowest BCUT2D eigenvalue weighted by Gasteiger charge is -2.37. The topological polar surface area (TPSA) is 61.8 Å². The predicted octanol–water partition coefficient (Wildman–Crippen LogP) is 3.10. The molecule has 1 aliphatic heterocycles. The van der Waals surface area contributed by atoms with Crippen molar-refractivity contribution < 1.29 is 22.1 Å². The molecular formula is C21H24O5S. The maximum absolute atomic E-state index is 11.5. The van der Waals surface area contributed by atoms with Gasteiger partial charge in [-0.15, -0.1) is 0 Å². The molecule has 0 N–H and O–H groups in total. The molecule has 5 nitrogen and oxygen atoms in total. The molecule has 144 valence electrons. The highest BCUT2D eigenvalue weighted by atomic mass is 32.2. The second-order valence-corrected chi connectivity index (χ2v) is 9.81. The number of ether oxygens (including phenoxy) is 2. The highest BCUT2D eigenvalue weighted by Crippen LogP contribution is 2.59. The van der Waals surface area contributed by atoms with Crippen molar-refractivity contribution in [2.24, 2.45) is 5.41 Å². The van der Waals surface area contributed by atoms with Gasteiger partial charge in [0, 0.05) is 22.1 Å². The number of fused-ring (bicyclic) bond motifs is 4. The van der Waals surface area contributed by atoms with E-state index in [1.54, 1.807) is 0 Å². The molecular weight excluding hydrogens is 364 g/mol. The molecule has 1 heterocycles. The van der Waals surface area contributed by atoms with E-state index in [4.69, 9.17) is 13.7 Å². The molecule has 1 spiro atoms. The highest BCUT2D eigenvalue weighted by Gasteiger charge is 2.59. The average Bonchev–Trinajstić information content (AvgIpc) is 3.21. The van der Waals surface area contributed by atoms with Crippen molar-refractivity contribution in [2.75, 3.05) is 19.5 Å². The Balaban J connectivity index is 1.67. The van der Waals surface area contributed by atoms with Crippen LogP contribution < -0.4 is 0 Å². The van der Waals surface area contributed by atoms with E-state index in [1.165, 1.54) is 0 Å². The number of benzene rings is 1. The van der Waals surface area contributed by atoms with E-state index >= 15 is 0 Å². The summed E-state index contributed by atoms with van der Waals surface area (Å²) >= 11 is 0. The summed E-state index contributed by atoms with van der Waals surface area (Å²) in [7, 11) is -3.56. The quantitative estimate of drug-likeness (QED) is 0.575. The SMILES string of the molecule is CC1(C)COC2(OC1)C1=C2c2ccccc2C#CC(OS(C)(=O)=O)CCC1. The Morgan fingerprint density at radius 2 is 1.89 bits per heavy atom. The van der Waals surface area contributed by atoms with Gasteiger partial charge in [0.25, 0.3) is 10.1 Å². The lowest BCUT2D eigenvalue weighted by Crippen LogP contribution is -2.41. The van der Waals surface area contributed by atoms with Crippen LogP contribution in [-0.4, -0.2) is 39.8 Å². The summed E-state index contributed by atoms with van der Waals surface area (Å²) < 4.78 is 40.7. The molecule has 1 unspecified atom stereocenters. The van der Waals surface area contributed by atoms with Gasteiger partial charge >= 0.3 is 0 Å². The van der Waals surface area contributed by atoms with Crippen LogP contribution in [0.4, 0.5) is 0 Å². The van der Waals surface area contributed by atoms with Crippen LogP contribution in [0.3, 0.4) is 0 Å². The Kier molecular flexibility index (Phi) is 4.47. The van der Waals surface area contributed by atoms with Gasteiger partial charge in [0.05, 0.1) is 19.5 Å². The molecule has 0 bridgehead atoms. The van der Waals surface area contributed by atoms with E-state index in [1.807, 2.05) is 24.3 Å². The Morgan fingerprint density at radius 3 is 2.59 bits per heavy atom. The van der Waals surface area contributed by atoms with Crippen molar-refractivity contribution in [1.82, 2.24) is 0 Å². The lowest BCUT2D eigenvalue weighted by atomic mass is 9.95. The predicted molar refractivity (Wildman–Crippen MR) is 102 cm³/mol. The van der Waals surface area contributed by atoms with Crippen LogP contribution in [0, 0.1) is 17.3 Å². The van der Waals surface area contributed by atoms with Gasteiger partial charge < -0.3 is 9.47 Å². The highest BCUT2D eigenvalue weighted by molar-refractivity contribution is 7.86. The molecule has 1 fully saturated rings. The summed E-state index contributed by atoms with van der Waals surface area (Å²) in [5.41, 5.74) is 4.06. The largest absolute Gasteiger partial charge is 0.342 e. The molecule has 1 aromatic rings. The van der Waals surface area contributed by atoms with E-state index < -0.39 is 22.0 Å². The zero-order valence-electron chi connectivity index (χ0n) is 15.9. The van der Waals surface area contributed by atoms with Gasteiger partial charge in [0.2, 0.25) is 5.79 Å². The molecule has 0 saturated carbocycles. The van der Waals surface area contributed by atoms with Crippen LogP contribution in [0.25, 0.3) is 5.57 Å². The minimum atomic E-state index is -3.56. The van der Waals surface area contributed by atoms with E-state index in [0.29, 0.717) is 19.6 Å². The Hall–Kier alpha value is -1.65. The minimum Gasteiger partial charge on any atom is -0.342 e. The molecule has 3 aliphatic rings. The lowest BCUT2D eigenvalue weighted by molar-refractivity contribution is -0.227. The fourth-order valence-electron chi connectivity index (χ4n) is 3.71.